The predicted octanol–water partition coefficient (Wildman–Crippen LogP) is 8.20. The Morgan fingerprint density at radius 2 is 1.04 bits per heavy atom. The molecular formula is C35H12F4N6O3S2. The summed E-state index contributed by atoms with van der Waals surface area (Å²) in [4.78, 5) is 36.8. The van der Waals surface area contributed by atoms with Gasteiger partial charge in [-0.3, -0.25) is 9.59 Å². The molecule has 15 heteroatoms. The molecule has 0 unspecified atom stereocenters. The molecule has 2 aliphatic carbocycles. The van der Waals surface area contributed by atoms with E-state index in [1.165, 1.54) is 6.07 Å². The zero-order valence-corrected chi connectivity index (χ0v) is 26.8. The van der Waals surface area contributed by atoms with Crippen LogP contribution in [0.1, 0.15) is 51.3 Å². The first-order chi connectivity index (χ1) is 23.8. The van der Waals surface area contributed by atoms with Gasteiger partial charge in [-0.15, -0.1) is 22.7 Å². The number of allylic oxidation sites excluding steroid dienone is 4. The van der Waals surface area contributed by atoms with Gasteiger partial charge in [0.25, 0.3) is 0 Å². The molecule has 0 saturated carbocycles. The number of halogens is 4. The number of benzene rings is 2. The summed E-state index contributed by atoms with van der Waals surface area (Å²) in [5.74, 6) is -6.42. The standard InChI is InChI=1S/C35H12F4N6O3S2/c1-35(2)19-7-25(44-29-27(13(9-40)10-41)15-3-20(36)22(38)5-17(15)31(29)46)49-33(19)34-24(48-35)8-26(50-34)45-30-28(14(11-42)12-43)16-4-21(37)23(39)6-18(16)32(30)47/h3-8H,1-2H3. The molecule has 0 amide bonds. The average molecular weight is 705 g/mol. The number of thiophene rings is 2. The number of carbonyl (C=O) groups is 2. The lowest BCUT2D eigenvalue weighted by Crippen LogP contribution is -2.27. The number of rotatable bonds is 2. The number of aliphatic imine (C=N–C) groups is 2. The Kier molecular flexibility index (Phi) is 7.23. The second-order valence-corrected chi connectivity index (χ2v) is 13.4. The molecule has 240 valence electrons. The van der Waals surface area contributed by atoms with E-state index in [-0.39, 0.29) is 54.8 Å². The van der Waals surface area contributed by atoms with Crippen molar-refractivity contribution in [3.05, 3.63) is 98.6 Å². The predicted molar refractivity (Wildman–Crippen MR) is 173 cm³/mol. The summed E-state index contributed by atoms with van der Waals surface area (Å²) in [6, 6.07) is 12.7. The summed E-state index contributed by atoms with van der Waals surface area (Å²) in [7, 11) is 0. The molecule has 2 aromatic carbocycles. The van der Waals surface area contributed by atoms with Crippen molar-refractivity contribution >= 4 is 66.8 Å². The summed E-state index contributed by atoms with van der Waals surface area (Å²) in [5.41, 5.74) is -3.40. The third-order valence-electron chi connectivity index (χ3n) is 8.07. The van der Waals surface area contributed by atoms with Crippen LogP contribution in [0.4, 0.5) is 27.6 Å². The number of hydrogen-bond donors (Lipinski definition) is 0. The number of ether oxygens (including phenoxy) is 1. The van der Waals surface area contributed by atoms with Crippen LogP contribution in [0.15, 0.2) is 57.5 Å². The highest BCUT2D eigenvalue weighted by Gasteiger charge is 2.40. The molecule has 0 spiro atoms. The number of nitriles is 4. The fraction of sp³-hybridized carbons (Fsp3) is 0.0857. The molecular weight excluding hydrogens is 693 g/mol. The molecule has 4 aromatic rings. The van der Waals surface area contributed by atoms with Crippen LogP contribution in [0.5, 0.6) is 5.75 Å². The monoisotopic (exact) mass is 704 g/mol. The minimum atomic E-state index is -1.29. The smallest absolute Gasteiger partial charge is 0.212 e. The van der Waals surface area contributed by atoms with Gasteiger partial charge in [0.05, 0.1) is 9.75 Å². The van der Waals surface area contributed by atoms with E-state index in [2.05, 4.69) is 9.98 Å². The van der Waals surface area contributed by atoms with Crippen LogP contribution in [-0.4, -0.2) is 23.0 Å². The summed E-state index contributed by atoms with van der Waals surface area (Å²) in [6.07, 6.45) is 0. The molecule has 0 saturated heterocycles. The van der Waals surface area contributed by atoms with Crippen LogP contribution in [0.2, 0.25) is 0 Å². The van der Waals surface area contributed by atoms with Crippen molar-refractivity contribution in [3.63, 3.8) is 0 Å². The van der Waals surface area contributed by atoms with Crippen molar-refractivity contribution in [2.45, 2.75) is 19.4 Å². The molecule has 0 atom stereocenters. The molecule has 0 N–H and O–H groups in total. The Balaban J connectivity index is 1.36. The Morgan fingerprint density at radius 3 is 1.48 bits per heavy atom. The first kappa shape index (κ1) is 32.0. The molecule has 7 rings (SSSR count). The normalized spacial score (nSPS) is 16.5. The number of Topliss-reactive ketones (excluding diaryl/α,β-unsaturated/α-hetero) is 2. The van der Waals surface area contributed by atoms with E-state index < -0.39 is 51.6 Å². The van der Waals surface area contributed by atoms with Gasteiger partial charge in [0.15, 0.2) is 23.3 Å². The number of hydrogen-bond acceptors (Lipinski definition) is 11. The average Bonchev–Trinajstić information content (AvgIpc) is 3.81. The largest absolute Gasteiger partial charge is 0.481 e. The second-order valence-electron chi connectivity index (χ2n) is 11.4. The van der Waals surface area contributed by atoms with E-state index in [4.69, 9.17) is 4.74 Å². The second kappa shape index (κ2) is 11.3. The van der Waals surface area contributed by atoms with Gasteiger partial charge in [-0.2, -0.15) is 21.0 Å². The number of fused-ring (bicyclic) bond motifs is 5. The third-order valence-corrected chi connectivity index (χ3v) is 10.3. The molecule has 0 bridgehead atoms. The molecule has 1 aliphatic heterocycles. The first-order valence-corrected chi connectivity index (χ1v) is 15.8. The minimum Gasteiger partial charge on any atom is -0.481 e. The van der Waals surface area contributed by atoms with E-state index in [1.807, 2.05) is 0 Å². The van der Waals surface area contributed by atoms with Crippen LogP contribution in [0.25, 0.3) is 20.9 Å². The third kappa shape index (κ3) is 4.68. The minimum absolute atomic E-state index is 0.140. The van der Waals surface area contributed by atoms with Crippen molar-refractivity contribution in [1.82, 2.24) is 0 Å². The number of carbonyl (C=O) groups excluding carboxylic acids is 2. The highest BCUT2D eigenvalue weighted by Crippen LogP contribution is 2.56. The van der Waals surface area contributed by atoms with Gasteiger partial charge >= 0.3 is 0 Å². The Hall–Kier alpha value is -6.52. The molecule has 2 aromatic heterocycles. The van der Waals surface area contributed by atoms with Crippen molar-refractivity contribution in [2.75, 3.05) is 0 Å². The van der Waals surface area contributed by atoms with Crippen molar-refractivity contribution < 1.29 is 31.9 Å². The molecule has 50 heavy (non-hydrogen) atoms. The highest BCUT2D eigenvalue weighted by atomic mass is 32.1. The summed E-state index contributed by atoms with van der Waals surface area (Å²) in [5, 5.41) is 38.8. The van der Waals surface area contributed by atoms with Crippen molar-refractivity contribution in [1.29, 1.82) is 21.0 Å². The van der Waals surface area contributed by atoms with Gasteiger partial charge in [-0.1, -0.05) is 0 Å². The lowest BCUT2D eigenvalue weighted by molar-refractivity contribution is 0.106. The fourth-order valence-corrected chi connectivity index (χ4v) is 8.16. The summed E-state index contributed by atoms with van der Waals surface area (Å²) in [6.45, 7) is 3.51. The van der Waals surface area contributed by atoms with E-state index in [9.17, 15) is 48.2 Å². The Labute approximate surface area is 286 Å². The van der Waals surface area contributed by atoms with Crippen LogP contribution >= 0.6 is 22.7 Å². The molecule has 3 heterocycles. The Bertz CT molecular complexity index is 2600. The van der Waals surface area contributed by atoms with Gasteiger partial charge in [0, 0.05) is 45.0 Å². The topological polar surface area (TPSA) is 163 Å². The van der Waals surface area contributed by atoms with Crippen molar-refractivity contribution in [2.24, 2.45) is 9.98 Å². The maximum absolute atomic E-state index is 14.2. The molecule has 3 aliphatic rings. The number of ketones is 2. The van der Waals surface area contributed by atoms with Crippen LogP contribution < -0.4 is 4.74 Å². The molecule has 9 nitrogen and oxygen atoms in total. The van der Waals surface area contributed by atoms with Gasteiger partial charge in [-0.05, 0) is 44.2 Å². The quantitative estimate of drug-likeness (QED) is 0.150. The maximum Gasteiger partial charge on any atom is 0.212 e. The lowest BCUT2D eigenvalue weighted by Gasteiger charge is -2.30. The van der Waals surface area contributed by atoms with Gasteiger partial charge < -0.3 is 4.74 Å². The highest BCUT2D eigenvalue weighted by molar-refractivity contribution is 7.26. The van der Waals surface area contributed by atoms with Gasteiger partial charge in [-0.25, -0.2) is 27.5 Å². The van der Waals surface area contributed by atoms with Crippen LogP contribution in [-0.2, 0) is 5.60 Å². The number of nitrogens with zero attached hydrogens (tertiary/aromatic N) is 6. The van der Waals surface area contributed by atoms with Crippen LogP contribution in [0.3, 0.4) is 0 Å². The molecule has 0 fully saturated rings. The van der Waals surface area contributed by atoms with Gasteiger partial charge in [0.1, 0.15) is 68.2 Å². The van der Waals surface area contributed by atoms with Gasteiger partial charge in [0.2, 0.25) is 11.6 Å². The van der Waals surface area contributed by atoms with E-state index in [0.29, 0.717) is 33.2 Å². The first-order valence-electron chi connectivity index (χ1n) is 14.1. The zero-order valence-electron chi connectivity index (χ0n) is 25.2. The van der Waals surface area contributed by atoms with Crippen LogP contribution in [0, 0.1) is 68.6 Å². The fourth-order valence-electron chi connectivity index (χ4n) is 5.86. The summed E-state index contributed by atoms with van der Waals surface area (Å²) >= 11 is 2.16. The van der Waals surface area contributed by atoms with E-state index in [0.717, 1.165) is 34.8 Å². The maximum atomic E-state index is 14.2. The summed E-state index contributed by atoms with van der Waals surface area (Å²) < 4.78 is 62.9. The van der Waals surface area contributed by atoms with Crippen molar-refractivity contribution in [3.8, 4) is 39.8 Å². The Morgan fingerprint density at radius 1 is 0.640 bits per heavy atom. The lowest BCUT2D eigenvalue weighted by atomic mass is 9.95. The van der Waals surface area contributed by atoms with E-state index >= 15 is 0 Å². The molecule has 0 radical (unpaired) electrons. The van der Waals surface area contributed by atoms with E-state index in [1.54, 1.807) is 44.2 Å². The zero-order chi connectivity index (χ0) is 35.8. The SMILES string of the molecule is CC1(C)Oc2cc(N=C3C(=O)c4cc(F)c(F)cc4C3=C(C#N)C#N)sc2-c2sc(N=C3C(=O)c4cc(F)c(F)cc4C3=C(C#N)C#N)cc21.